The van der Waals surface area contributed by atoms with E-state index in [2.05, 4.69) is 35.4 Å². The van der Waals surface area contributed by atoms with Crippen LogP contribution in [-0.2, 0) is 17.6 Å². The fourth-order valence-electron chi connectivity index (χ4n) is 4.94. The molecule has 1 aromatic heterocycles. The molecule has 0 bridgehead atoms. The van der Waals surface area contributed by atoms with Gasteiger partial charge in [0.25, 0.3) is 0 Å². The van der Waals surface area contributed by atoms with Gasteiger partial charge in [0.05, 0.1) is 28.4 Å². The van der Waals surface area contributed by atoms with Gasteiger partial charge in [-0.1, -0.05) is 37.3 Å². The molecule has 2 N–H and O–H groups in total. The van der Waals surface area contributed by atoms with E-state index in [1.165, 1.54) is 5.56 Å². The number of fused-ring (bicyclic) bond motifs is 1. The van der Waals surface area contributed by atoms with E-state index in [1.807, 2.05) is 42.6 Å². The lowest BCUT2D eigenvalue weighted by Gasteiger charge is -2.19. The number of para-hydroxylation sites is 1. The molecule has 0 saturated heterocycles. The standard InChI is InChI=1S/C31H36N2O5/c1-6-21-8-7-9-23-25(19-33-31(21)23)24(22-11-13-27(36-3)29(17-22)38-5)18-30(34)32-15-14-20-10-12-26(35-2)28(16-20)37-4/h7-13,16-17,19,24,33H,6,14-15,18H2,1-5H3,(H,32,34). The van der Waals surface area contributed by atoms with Crippen LogP contribution in [-0.4, -0.2) is 45.9 Å². The number of benzene rings is 3. The van der Waals surface area contributed by atoms with Crippen molar-refractivity contribution in [3.05, 3.63) is 83.0 Å². The highest BCUT2D eigenvalue weighted by Gasteiger charge is 2.23. The summed E-state index contributed by atoms with van der Waals surface area (Å²) in [6, 6.07) is 18.0. The zero-order valence-electron chi connectivity index (χ0n) is 22.7. The number of aromatic nitrogens is 1. The van der Waals surface area contributed by atoms with Crippen molar-refractivity contribution in [1.29, 1.82) is 0 Å². The van der Waals surface area contributed by atoms with Gasteiger partial charge in [-0.2, -0.15) is 0 Å². The van der Waals surface area contributed by atoms with Crippen molar-refractivity contribution in [2.24, 2.45) is 0 Å². The summed E-state index contributed by atoms with van der Waals surface area (Å²) in [6.07, 6.45) is 3.93. The Hall–Kier alpha value is -4.13. The lowest BCUT2D eigenvalue weighted by Crippen LogP contribution is -2.27. The van der Waals surface area contributed by atoms with Crippen LogP contribution < -0.4 is 24.3 Å². The summed E-state index contributed by atoms with van der Waals surface area (Å²) < 4.78 is 21.7. The Morgan fingerprint density at radius 1 is 0.868 bits per heavy atom. The molecule has 7 nitrogen and oxygen atoms in total. The zero-order chi connectivity index (χ0) is 27.1. The molecule has 7 heteroatoms. The molecule has 0 fully saturated rings. The maximum Gasteiger partial charge on any atom is 0.220 e. The summed E-state index contributed by atoms with van der Waals surface area (Å²) >= 11 is 0. The number of carbonyl (C=O) groups excluding carboxylic acids is 1. The van der Waals surface area contributed by atoms with Crippen LogP contribution in [0.1, 0.15) is 41.5 Å². The van der Waals surface area contributed by atoms with Crippen molar-refractivity contribution in [2.45, 2.75) is 32.1 Å². The number of rotatable bonds is 12. The monoisotopic (exact) mass is 516 g/mol. The van der Waals surface area contributed by atoms with Crippen LogP contribution in [0.4, 0.5) is 0 Å². The SMILES string of the molecule is CCc1cccc2c(C(CC(=O)NCCc3ccc(OC)c(OC)c3)c3ccc(OC)c(OC)c3)c[nH]c12. The molecule has 4 aromatic rings. The Morgan fingerprint density at radius 3 is 2.24 bits per heavy atom. The number of nitrogens with one attached hydrogen (secondary N) is 2. The van der Waals surface area contributed by atoms with Gasteiger partial charge in [-0.3, -0.25) is 4.79 Å². The number of amides is 1. The summed E-state index contributed by atoms with van der Waals surface area (Å²) in [5.74, 6) is 2.46. The summed E-state index contributed by atoms with van der Waals surface area (Å²) in [7, 11) is 6.47. The molecule has 0 spiro atoms. The maximum atomic E-state index is 13.3. The van der Waals surface area contributed by atoms with E-state index in [9.17, 15) is 4.79 Å². The third kappa shape index (κ3) is 5.72. The van der Waals surface area contributed by atoms with Gasteiger partial charge < -0.3 is 29.2 Å². The van der Waals surface area contributed by atoms with E-state index in [1.54, 1.807) is 28.4 Å². The van der Waals surface area contributed by atoms with E-state index < -0.39 is 0 Å². The molecule has 4 rings (SSSR count). The van der Waals surface area contributed by atoms with Gasteiger partial charge >= 0.3 is 0 Å². The van der Waals surface area contributed by atoms with Gasteiger partial charge in [0, 0.05) is 36.0 Å². The average molecular weight is 517 g/mol. The first-order valence-corrected chi connectivity index (χ1v) is 12.8. The van der Waals surface area contributed by atoms with Gasteiger partial charge in [0.1, 0.15) is 0 Å². The van der Waals surface area contributed by atoms with Crippen molar-refractivity contribution < 1.29 is 23.7 Å². The van der Waals surface area contributed by atoms with Crippen LogP contribution in [0.2, 0.25) is 0 Å². The van der Waals surface area contributed by atoms with Crippen molar-refractivity contribution in [3.8, 4) is 23.0 Å². The fraction of sp³-hybridized carbons (Fsp3) is 0.323. The number of aryl methyl sites for hydroxylation is 1. The van der Waals surface area contributed by atoms with Crippen LogP contribution in [0, 0.1) is 0 Å². The molecular weight excluding hydrogens is 480 g/mol. The molecule has 200 valence electrons. The molecule has 0 aliphatic heterocycles. The van der Waals surface area contributed by atoms with Crippen molar-refractivity contribution in [1.82, 2.24) is 10.3 Å². The molecule has 0 aliphatic carbocycles. The van der Waals surface area contributed by atoms with Crippen LogP contribution in [0.3, 0.4) is 0 Å². The molecule has 0 aliphatic rings. The van der Waals surface area contributed by atoms with Crippen molar-refractivity contribution >= 4 is 16.8 Å². The minimum atomic E-state index is -0.170. The molecule has 0 saturated carbocycles. The van der Waals surface area contributed by atoms with Crippen LogP contribution in [0.25, 0.3) is 10.9 Å². The second-order valence-corrected chi connectivity index (χ2v) is 9.10. The molecule has 1 heterocycles. The summed E-state index contributed by atoms with van der Waals surface area (Å²) in [5.41, 5.74) is 5.49. The topological polar surface area (TPSA) is 81.8 Å². The first-order chi connectivity index (χ1) is 18.5. The second kappa shape index (κ2) is 12.4. The predicted octanol–water partition coefficient (Wildman–Crippen LogP) is 5.65. The Bertz CT molecular complexity index is 1390. The van der Waals surface area contributed by atoms with Gasteiger partial charge in [-0.25, -0.2) is 0 Å². The summed E-state index contributed by atoms with van der Waals surface area (Å²) in [6.45, 7) is 2.66. The first kappa shape index (κ1) is 26.9. The number of hydrogen-bond acceptors (Lipinski definition) is 5. The molecule has 1 atom stereocenters. The number of methoxy groups -OCH3 is 4. The van der Waals surface area contributed by atoms with Crippen LogP contribution in [0.15, 0.2) is 60.8 Å². The van der Waals surface area contributed by atoms with Crippen LogP contribution >= 0.6 is 0 Å². The van der Waals surface area contributed by atoms with Gasteiger partial charge in [-0.05, 0) is 59.4 Å². The highest BCUT2D eigenvalue weighted by atomic mass is 16.5. The van der Waals surface area contributed by atoms with Crippen molar-refractivity contribution in [3.63, 3.8) is 0 Å². The van der Waals surface area contributed by atoms with E-state index >= 15 is 0 Å². The van der Waals surface area contributed by atoms with E-state index in [-0.39, 0.29) is 11.8 Å². The Balaban J connectivity index is 1.57. The van der Waals surface area contributed by atoms with Crippen LogP contribution in [0.5, 0.6) is 23.0 Å². The van der Waals surface area contributed by atoms with Gasteiger partial charge in [-0.15, -0.1) is 0 Å². The zero-order valence-corrected chi connectivity index (χ0v) is 22.7. The van der Waals surface area contributed by atoms with E-state index in [4.69, 9.17) is 18.9 Å². The fourth-order valence-corrected chi connectivity index (χ4v) is 4.94. The van der Waals surface area contributed by atoms with E-state index in [0.29, 0.717) is 42.4 Å². The smallest absolute Gasteiger partial charge is 0.220 e. The minimum Gasteiger partial charge on any atom is -0.493 e. The highest BCUT2D eigenvalue weighted by molar-refractivity contribution is 5.88. The summed E-state index contributed by atoms with van der Waals surface area (Å²) in [4.78, 5) is 16.7. The molecule has 1 amide bonds. The van der Waals surface area contributed by atoms with Gasteiger partial charge in [0.15, 0.2) is 23.0 Å². The molecule has 3 aromatic carbocycles. The Kier molecular flexibility index (Phi) is 8.79. The lowest BCUT2D eigenvalue weighted by molar-refractivity contribution is -0.121. The first-order valence-electron chi connectivity index (χ1n) is 12.8. The average Bonchev–Trinajstić information content (AvgIpc) is 3.39. The number of hydrogen-bond donors (Lipinski definition) is 2. The number of H-pyrrole nitrogens is 1. The molecular formula is C31H36N2O5. The normalized spacial score (nSPS) is 11.7. The third-order valence-corrected chi connectivity index (χ3v) is 6.97. The Labute approximate surface area is 224 Å². The molecule has 0 radical (unpaired) electrons. The number of aromatic amines is 1. The maximum absolute atomic E-state index is 13.3. The van der Waals surface area contributed by atoms with E-state index in [0.717, 1.165) is 34.0 Å². The number of carbonyl (C=O) groups is 1. The molecule has 38 heavy (non-hydrogen) atoms. The number of ether oxygens (including phenoxy) is 4. The minimum absolute atomic E-state index is 0.0220. The lowest BCUT2D eigenvalue weighted by atomic mass is 9.87. The Morgan fingerprint density at radius 2 is 1.55 bits per heavy atom. The molecule has 1 unspecified atom stereocenters. The highest BCUT2D eigenvalue weighted by Crippen LogP contribution is 2.38. The quantitative estimate of drug-likeness (QED) is 0.254. The summed E-state index contributed by atoms with van der Waals surface area (Å²) in [5, 5.41) is 4.23. The second-order valence-electron chi connectivity index (χ2n) is 9.10. The predicted molar refractivity (Wildman–Crippen MR) is 150 cm³/mol. The van der Waals surface area contributed by atoms with Crippen molar-refractivity contribution in [2.75, 3.05) is 35.0 Å². The van der Waals surface area contributed by atoms with Gasteiger partial charge in [0.2, 0.25) is 5.91 Å². The largest absolute Gasteiger partial charge is 0.493 e. The third-order valence-electron chi connectivity index (χ3n) is 6.97.